The molecule has 21 heavy (non-hydrogen) atoms. The SMILES string of the molecule is CNCc1ccc(CS(=O)(=O)NCc2nc(C)no2)cc1. The fraction of sp³-hybridized carbons (Fsp3) is 0.385. The first-order valence-electron chi connectivity index (χ1n) is 6.47. The molecule has 0 saturated heterocycles. The second kappa shape index (κ2) is 6.79. The normalized spacial score (nSPS) is 11.7. The van der Waals surface area contributed by atoms with Gasteiger partial charge in [-0.05, 0) is 25.1 Å². The van der Waals surface area contributed by atoms with Crippen LogP contribution < -0.4 is 10.0 Å². The van der Waals surface area contributed by atoms with E-state index in [1.165, 1.54) is 0 Å². The highest BCUT2D eigenvalue weighted by Crippen LogP contribution is 2.08. The smallest absolute Gasteiger partial charge is 0.241 e. The van der Waals surface area contributed by atoms with Gasteiger partial charge in [0.15, 0.2) is 5.82 Å². The number of aryl methyl sites for hydroxylation is 1. The Kier molecular flexibility index (Phi) is 5.05. The maximum atomic E-state index is 12.0. The summed E-state index contributed by atoms with van der Waals surface area (Å²) in [5.74, 6) is 0.643. The Morgan fingerprint density at radius 2 is 1.81 bits per heavy atom. The molecular formula is C13H18N4O3S. The molecule has 7 nitrogen and oxygen atoms in total. The van der Waals surface area contributed by atoms with Gasteiger partial charge in [0.1, 0.15) is 0 Å². The summed E-state index contributed by atoms with van der Waals surface area (Å²) in [4.78, 5) is 3.94. The van der Waals surface area contributed by atoms with Crippen molar-refractivity contribution in [2.24, 2.45) is 0 Å². The van der Waals surface area contributed by atoms with Crippen molar-refractivity contribution >= 4 is 10.0 Å². The number of rotatable bonds is 7. The molecule has 1 aromatic heterocycles. The van der Waals surface area contributed by atoms with Gasteiger partial charge >= 0.3 is 0 Å². The summed E-state index contributed by atoms with van der Waals surface area (Å²) in [6.07, 6.45) is 0. The molecule has 1 aromatic carbocycles. The lowest BCUT2D eigenvalue weighted by Gasteiger charge is -2.06. The summed E-state index contributed by atoms with van der Waals surface area (Å²) in [6, 6.07) is 7.43. The molecule has 2 aromatic rings. The predicted molar refractivity (Wildman–Crippen MR) is 77.7 cm³/mol. The van der Waals surface area contributed by atoms with Crippen LogP contribution in [0.25, 0.3) is 0 Å². The van der Waals surface area contributed by atoms with E-state index in [-0.39, 0.29) is 18.2 Å². The average molecular weight is 310 g/mol. The summed E-state index contributed by atoms with van der Waals surface area (Å²) >= 11 is 0. The highest BCUT2D eigenvalue weighted by molar-refractivity contribution is 7.88. The summed E-state index contributed by atoms with van der Waals surface area (Å²) in [6.45, 7) is 2.43. The van der Waals surface area contributed by atoms with Gasteiger partial charge in [-0.15, -0.1) is 0 Å². The van der Waals surface area contributed by atoms with Crippen LogP contribution in [-0.2, 0) is 28.9 Å². The minimum absolute atomic E-state index is 0.00100. The van der Waals surface area contributed by atoms with E-state index in [2.05, 4.69) is 20.2 Å². The van der Waals surface area contributed by atoms with Crippen LogP contribution in [0, 0.1) is 6.92 Å². The maximum absolute atomic E-state index is 12.0. The molecular weight excluding hydrogens is 292 g/mol. The van der Waals surface area contributed by atoms with Crippen LogP contribution in [-0.4, -0.2) is 25.6 Å². The topological polar surface area (TPSA) is 97.1 Å². The maximum Gasteiger partial charge on any atom is 0.241 e. The van der Waals surface area contributed by atoms with Gasteiger partial charge in [0, 0.05) is 6.54 Å². The molecule has 0 saturated carbocycles. The van der Waals surface area contributed by atoms with Crippen molar-refractivity contribution in [2.45, 2.75) is 25.8 Å². The minimum atomic E-state index is -3.44. The van der Waals surface area contributed by atoms with Gasteiger partial charge in [-0.25, -0.2) is 13.1 Å². The fourth-order valence-electron chi connectivity index (χ4n) is 1.81. The summed E-state index contributed by atoms with van der Waals surface area (Å²) in [5, 5.41) is 6.64. The van der Waals surface area contributed by atoms with Crippen LogP contribution in [0.3, 0.4) is 0 Å². The zero-order valence-electron chi connectivity index (χ0n) is 12.0. The molecule has 0 aliphatic rings. The van der Waals surface area contributed by atoms with E-state index >= 15 is 0 Å². The average Bonchev–Trinajstić information content (AvgIpc) is 2.85. The number of sulfonamides is 1. The van der Waals surface area contributed by atoms with E-state index in [1.807, 2.05) is 31.3 Å². The Bertz CT molecular complexity index is 680. The Hall–Kier alpha value is -1.77. The lowest BCUT2D eigenvalue weighted by Crippen LogP contribution is -2.24. The van der Waals surface area contributed by atoms with Crippen LogP contribution in [0.1, 0.15) is 22.8 Å². The van der Waals surface area contributed by atoms with Crippen molar-refractivity contribution in [3.05, 3.63) is 47.1 Å². The van der Waals surface area contributed by atoms with E-state index in [9.17, 15) is 8.42 Å². The quantitative estimate of drug-likeness (QED) is 0.782. The third kappa shape index (κ3) is 4.92. The molecule has 0 radical (unpaired) electrons. The number of benzene rings is 1. The van der Waals surface area contributed by atoms with Crippen LogP contribution >= 0.6 is 0 Å². The minimum Gasteiger partial charge on any atom is -0.338 e. The molecule has 2 rings (SSSR count). The molecule has 0 atom stereocenters. The standard InChI is InChI=1S/C13H18N4O3S/c1-10-16-13(20-17-10)8-15-21(18,19)9-12-5-3-11(4-6-12)7-14-2/h3-6,14-15H,7-9H2,1-2H3. The zero-order valence-corrected chi connectivity index (χ0v) is 12.8. The summed E-state index contributed by atoms with van der Waals surface area (Å²) in [5.41, 5.74) is 1.83. The first-order chi connectivity index (χ1) is 9.98. The van der Waals surface area contributed by atoms with Gasteiger partial charge in [-0.3, -0.25) is 0 Å². The molecule has 0 spiro atoms. The Morgan fingerprint density at radius 3 is 2.38 bits per heavy atom. The molecule has 0 bridgehead atoms. The molecule has 0 fully saturated rings. The lowest BCUT2D eigenvalue weighted by atomic mass is 10.1. The van der Waals surface area contributed by atoms with Crippen molar-refractivity contribution < 1.29 is 12.9 Å². The number of nitrogens with zero attached hydrogens (tertiary/aromatic N) is 2. The van der Waals surface area contributed by atoms with Crippen LogP contribution in [0.15, 0.2) is 28.8 Å². The fourth-order valence-corrected chi connectivity index (χ4v) is 2.89. The highest BCUT2D eigenvalue weighted by Gasteiger charge is 2.13. The van der Waals surface area contributed by atoms with Gasteiger partial charge < -0.3 is 9.84 Å². The molecule has 114 valence electrons. The van der Waals surface area contributed by atoms with Crippen molar-refractivity contribution in [1.29, 1.82) is 0 Å². The number of hydrogen-bond acceptors (Lipinski definition) is 6. The number of nitrogens with one attached hydrogen (secondary N) is 2. The highest BCUT2D eigenvalue weighted by atomic mass is 32.2. The number of aromatic nitrogens is 2. The van der Waals surface area contributed by atoms with Gasteiger partial charge in [-0.1, -0.05) is 29.4 Å². The van der Waals surface area contributed by atoms with Gasteiger partial charge in [-0.2, -0.15) is 4.98 Å². The summed E-state index contributed by atoms with van der Waals surface area (Å²) in [7, 11) is -1.58. The third-order valence-corrected chi connectivity index (χ3v) is 4.07. The van der Waals surface area contributed by atoms with E-state index in [1.54, 1.807) is 6.92 Å². The second-order valence-electron chi connectivity index (χ2n) is 4.66. The molecule has 1 heterocycles. The first kappa shape index (κ1) is 15.6. The van der Waals surface area contributed by atoms with Crippen molar-refractivity contribution in [3.63, 3.8) is 0 Å². The van der Waals surface area contributed by atoms with Crippen molar-refractivity contribution in [1.82, 2.24) is 20.2 Å². The van der Waals surface area contributed by atoms with Crippen LogP contribution in [0.4, 0.5) is 0 Å². The van der Waals surface area contributed by atoms with Crippen molar-refractivity contribution in [3.8, 4) is 0 Å². The molecule has 2 N–H and O–H groups in total. The number of hydrogen-bond donors (Lipinski definition) is 2. The predicted octanol–water partition coefficient (Wildman–Crippen LogP) is 0.717. The van der Waals surface area contributed by atoms with E-state index in [0.29, 0.717) is 5.82 Å². The Labute approximate surface area is 123 Å². The van der Waals surface area contributed by atoms with E-state index in [0.717, 1.165) is 17.7 Å². The molecule has 0 aliphatic carbocycles. The second-order valence-corrected chi connectivity index (χ2v) is 6.47. The molecule has 0 unspecified atom stereocenters. The van der Waals surface area contributed by atoms with E-state index in [4.69, 9.17) is 4.52 Å². The molecule has 0 aliphatic heterocycles. The Morgan fingerprint density at radius 1 is 1.14 bits per heavy atom. The van der Waals surface area contributed by atoms with E-state index < -0.39 is 10.0 Å². The molecule has 0 amide bonds. The molecule has 8 heteroatoms. The lowest BCUT2D eigenvalue weighted by molar-refractivity contribution is 0.372. The summed E-state index contributed by atoms with van der Waals surface area (Å²) < 4.78 is 31.3. The van der Waals surface area contributed by atoms with Crippen LogP contribution in [0.5, 0.6) is 0 Å². The zero-order chi connectivity index (χ0) is 15.3. The van der Waals surface area contributed by atoms with Crippen molar-refractivity contribution in [2.75, 3.05) is 7.05 Å². The largest absolute Gasteiger partial charge is 0.338 e. The van der Waals surface area contributed by atoms with Gasteiger partial charge in [0.2, 0.25) is 15.9 Å². The van der Waals surface area contributed by atoms with Gasteiger partial charge in [0.05, 0.1) is 12.3 Å². The first-order valence-corrected chi connectivity index (χ1v) is 8.13. The monoisotopic (exact) mass is 310 g/mol. The van der Waals surface area contributed by atoms with Crippen LogP contribution in [0.2, 0.25) is 0 Å². The van der Waals surface area contributed by atoms with Gasteiger partial charge in [0.25, 0.3) is 0 Å². The Balaban J connectivity index is 1.93. The third-order valence-electron chi connectivity index (χ3n) is 2.77.